The van der Waals surface area contributed by atoms with E-state index >= 15 is 0 Å². The van der Waals surface area contributed by atoms with Crippen LogP contribution in [0.5, 0.6) is 0 Å². The van der Waals surface area contributed by atoms with E-state index in [1.54, 1.807) is 11.3 Å². The summed E-state index contributed by atoms with van der Waals surface area (Å²) in [4.78, 5) is 17.5. The van der Waals surface area contributed by atoms with Crippen molar-refractivity contribution in [3.05, 3.63) is 81.1 Å². The minimum Gasteiger partial charge on any atom is -0.389 e. The molecule has 7 nitrogen and oxygen atoms in total. The van der Waals surface area contributed by atoms with Crippen molar-refractivity contribution in [2.75, 3.05) is 39.5 Å². The lowest BCUT2D eigenvalue weighted by Crippen LogP contribution is -2.51. The van der Waals surface area contributed by atoms with E-state index in [1.807, 2.05) is 18.2 Å². The number of nitrogens with one attached hydrogen (secondary N) is 1. The number of carbonyl (C=O) groups is 1. The Bertz CT molecular complexity index is 1720. The van der Waals surface area contributed by atoms with Gasteiger partial charge in [0.05, 0.1) is 23.8 Å². The normalized spacial score (nSPS) is 18.8. The molecule has 1 spiro atoms. The molecule has 3 N–H and O–H groups in total. The predicted octanol–water partition coefficient (Wildman–Crippen LogP) is 7.33. The first-order valence-corrected chi connectivity index (χ1v) is 18.5. The SMILES string of the molecule is NC(=S)c1cccc(-c2cn(C3CCOCC3)c3c(Cl)c(CNC(=O)C4CC5(CCN(CCOCc6cccs6)CC5)C4)ccc23)c1. The van der Waals surface area contributed by atoms with E-state index < -0.39 is 0 Å². The van der Waals surface area contributed by atoms with Gasteiger partial charge in [-0.05, 0) is 85.7 Å². The summed E-state index contributed by atoms with van der Waals surface area (Å²) in [6, 6.07) is 16.7. The van der Waals surface area contributed by atoms with E-state index in [-0.39, 0.29) is 17.9 Å². The van der Waals surface area contributed by atoms with Crippen LogP contribution in [0, 0.1) is 11.3 Å². The number of thiophene rings is 1. The molecule has 7 rings (SSSR count). The molecule has 4 heterocycles. The molecule has 248 valence electrons. The number of hydrogen-bond donors (Lipinski definition) is 2. The molecule has 1 aliphatic carbocycles. The molecule has 1 amide bonds. The van der Waals surface area contributed by atoms with Crippen molar-refractivity contribution in [3.8, 4) is 11.1 Å². The molecule has 3 aliphatic rings. The Morgan fingerprint density at radius 1 is 1.13 bits per heavy atom. The first kappa shape index (κ1) is 32.7. The number of ether oxygens (including phenoxy) is 2. The van der Waals surface area contributed by atoms with Crippen molar-refractivity contribution < 1.29 is 14.3 Å². The minimum atomic E-state index is 0.0804. The Labute approximate surface area is 291 Å². The number of halogens is 1. The van der Waals surface area contributed by atoms with Crippen LogP contribution < -0.4 is 11.1 Å². The number of thiocarbonyl (C=S) groups is 1. The summed E-state index contributed by atoms with van der Waals surface area (Å²) in [5.41, 5.74) is 11.2. The Morgan fingerprint density at radius 3 is 2.68 bits per heavy atom. The quantitative estimate of drug-likeness (QED) is 0.127. The molecule has 2 aromatic carbocycles. The Kier molecular flexibility index (Phi) is 10.0. The number of rotatable bonds is 11. The monoisotopic (exact) mass is 690 g/mol. The Hall–Kier alpha value is -2.79. The van der Waals surface area contributed by atoms with E-state index in [0.29, 0.717) is 28.6 Å². The number of amides is 1. The maximum absolute atomic E-state index is 13.3. The van der Waals surface area contributed by atoms with Crippen LogP contribution in [0.2, 0.25) is 5.02 Å². The first-order valence-electron chi connectivity index (χ1n) is 16.8. The van der Waals surface area contributed by atoms with Crippen molar-refractivity contribution in [2.24, 2.45) is 17.1 Å². The van der Waals surface area contributed by atoms with Crippen LogP contribution in [0.1, 0.15) is 60.6 Å². The van der Waals surface area contributed by atoms with E-state index in [0.717, 1.165) is 111 Å². The second kappa shape index (κ2) is 14.4. The fourth-order valence-corrected chi connectivity index (χ4v) is 8.82. The number of likely N-dealkylation sites (tertiary alicyclic amines) is 1. The molecule has 10 heteroatoms. The fraction of sp³-hybridized carbons (Fsp3) is 0.459. The van der Waals surface area contributed by atoms with Crippen molar-refractivity contribution in [1.29, 1.82) is 0 Å². The molecule has 4 aromatic rings. The van der Waals surface area contributed by atoms with Crippen molar-refractivity contribution in [3.63, 3.8) is 0 Å². The number of nitrogens with zero attached hydrogens (tertiary/aromatic N) is 2. The van der Waals surface area contributed by atoms with E-state index in [4.69, 9.17) is 39.0 Å². The second-order valence-electron chi connectivity index (χ2n) is 13.5. The van der Waals surface area contributed by atoms with Gasteiger partial charge in [-0.25, -0.2) is 0 Å². The zero-order valence-electron chi connectivity index (χ0n) is 26.7. The topological polar surface area (TPSA) is 81.8 Å². The molecule has 3 fully saturated rings. The average molecular weight is 691 g/mol. The van der Waals surface area contributed by atoms with Gasteiger partial charge in [-0.3, -0.25) is 4.79 Å². The van der Waals surface area contributed by atoms with Crippen LogP contribution in [0.3, 0.4) is 0 Å². The highest BCUT2D eigenvalue weighted by Gasteiger charge is 2.48. The lowest BCUT2D eigenvalue weighted by atomic mass is 9.57. The maximum Gasteiger partial charge on any atom is 0.223 e. The smallest absolute Gasteiger partial charge is 0.223 e. The number of piperidine rings is 1. The highest BCUT2D eigenvalue weighted by atomic mass is 35.5. The number of benzene rings is 2. The molecule has 0 unspecified atom stereocenters. The molecule has 2 aliphatic heterocycles. The van der Waals surface area contributed by atoms with Gasteiger partial charge in [0.25, 0.3) is 0 Å². The van der Waals surface area contributed by atoms with Gasteiger partial charge in [-0.2, -0.15) is 0 Å². The standard InChI is InChI=1S/C37H43ClN4O3S2/c38-33-27(22-40-36(43)28-20-37(21-28)10-12-41(13-11-37)14-17-45-24-30-5-2-18-47-30)6-7-31-32(25-3-1-4-26(19-25)35(39)46)23-42(34(31)33)29-8-15-44-16-9-29/h1-7,18-19,23,28-29H,8-17,20-22,24H2,(H2,39,46)(H,40,43). The lowest BCUT2D eigenvalue weighted by molar-refractivity contribution is -0.135. The van der Waals surface area contributed by atoms with Crippen LogP contribution >= 0.6 is 35.2 Å². The molecule has 2 aromatic heterocycles. The van der Waals surface area contributed by atoms with Gasteiger partial charge < -0.3 is 30.0 Å². The number of fused-ring (bicyclic) bond motifs is 1. The fourth-order valence-electron chi connectivity index (χ4n) is 7.73. The van der Waals surface area contributed by atoms with E-state index in [2.05, 4.69) is 56.7 Å². The molecular formula is C37H43ClN4O3S2. The third kappa shape index (κ3) is 7.16. The highest BCUT2D eigenvalue weighted by Crippen LogP contribution is 2.52. The van der Waals surface area contributed by atoms with Crippen LogP contribution in [-0.2, 0) is 27.4 Å². The molecule has 0 atom stereocenters. The highest BCUT2D eigenvalue weighted by molar-refractivity contribution is 7.80. The Morgan fingerprint density at radius 2 is 1.94 bits per heavy atom. The second-order valence-corrected chi connectivity index (χ2v) is 15.3. The minimum absolute atomic E-state index is 0.0804. The van der Waals surface area contributed by atoms with Gasteiger partial charge >= 0.3 is 0 Å². The number of hydrogen-bond acceptors (Lipinski definition) is 6. The lowest BCUT2D eigenvalue weighted by Gasteiger charge is -2.51. The van der Waals surface area contributed by atoms with Gasteiger partial charge in [-0.15, -0.1) is 11.3 Å². The molecule has 47 heavy (non-hydrogen) atoms. The van der Waals surface area contributed by atoms with Gasteiger partial charge in [0.1, 0.15) is 4.99 Å². The predicted molar refractivity (Wildman–Crippen MR) is 194 cm³/mol. The van der Waals surface area contributed by atoms with Gasteiger partial charge in [0.15, 0.2) is 0 Å². The maximum atomic E-state index is 13.3. The number of carbonyl (C=O) groups excluding carboxylic acids is 1. The van der Waals surface area contributed by atoms with Crippen LogP contribution in [0.4, 0.5) is 0 Å². The van der Waals surface area contributed by atoms with Gasteiger partial charge in [0.2, 0.25) is 5.91 Å². The first-order chi connectivity index (χ1) is 22.9. The third-order valence-corrected chi connectivity index (χ3v) is 12.0. The summed E-state index contributed by atoms with van der Waals surface area (Å²) < 4.78 is 13.9. The summed E-state index contributed by atoms with van der Waals surface area (Å²) in [6.07, 6.45) is 8.36. The summed E-state index contributed by atoms with van der Waals surface area (Å²) in [6.45, 7) is 6.50. The van der Waals surface area contributed by atoms with E-state index in [9.17, 15) is 4.79 Å². The van der Waals surface area contributed by atoms with Crippen LogP contribution in [-0.4, -0.2) is 59.8 Å². The largest absolute Gasteiger partial charge is 0.389 e. The van der Waals surface area contributed by atoms with Crippen molar-refractivity contribution in [2.45, 2.75) is 57.7 Å². The molecule has 0 bridgehead atoms. The zero-order valence-corrected chi connectivity index (χ0v) is 29.1. The number of nitrogens with two attached hydrogens (primary N) is 1. The summed E-state index contributed by atoms with van der Waals surface area (Å²) in [5.74, 6) is 0.225. The zero-order chi connectivity index (χ0) is 32.4. The molecule has 2 saturated heterocycles. The van der Waals surface area contributed by atoms with Crippen molar-refractivity contribution in [1.82, 2.24) is 14.8 Å². The summed E-state index contributed by atoms with van der Waals surface area (Å²) in [5, 5.41) is 7.10. The molecule has 1 saturated carbocycles. The van der Waals surface area contributed by atoms with Crippen LogP contribution in [0.25, 0.3) is 22.0 Å². The summed E-state index contributed by atoms with van der Waals surface area (Å²) >= 11 is 14.2. The molecule has 0 radical (unpaired) electrons. The van der Waals surface area contributed by atoms with Gasteiger partial charge in [0, 0.05) is 65.9 Å². The molecular weight excluding hydrogens is 648 g/mol. The third-order valence-electron chi connectivity index (χ3n) is 10.5. The van der Waals surface area contributed by atoms with Gasteiger partial charge in [-0.1, -0.05) is 60.2 Å². The Balaban J connectivity index is 0.974. The van der Waals surface area contributed by atoms with E-state index in [1.165, 1.54) is 4.88 Å². The number of aromatic nitrogens is 1. The van der Waals surface area contributed by atoms with Crippen molar-refractivity contribution >= 4 is 57.0 Å². The summed E-state index contributed by atoms with van der Waals surface area (Å²) in [7, 11) is 0. The van der Waals surface area contributed by atoms with Crippen LogP contribution in [0.15, 0.2) is 60.1 Å². The average Bonchev–Trinajstić information content (AvgIpc) is 3.75.